The molecule has 28 heavy (non-hydrogen) atoms. The molecule has 1 amide bonds. The van der Waals surface area contributed by atoms with Gasteiger partial charge in [-0.2, -0.15) is 5.10 Å². The summed E-state index contributed by atoms with van der Waals surface area (Å²) in [5, 5.41) is 7.86. The Hall–Kier alpha value is -3.06. The van der Waals surface area contributed by atoms with E-state index in [1.807, 2.05) is 12.1 Å². The molecule has 0 saturated heterocycles. The zero-order valence-electron chi connectivity index (χ0n) is 15.4. The normalized spacial score (nSPS) is 10.6. The minimum Gasteiger partial charge on any atom is -0.469 e. The number of hydrogen-bond donors (Lipinski definition) is 1. The predicted molar refractivity (Wildman–Crippen MR) is 104 cm³/mol. The molecule has 146 valence electrons. The maximum Gasteiger partial charge on any atom is 0.305 e. The number of halogens is 1. The fourth-order valence-electron chi connectivity index (χ4n) is 2.66. The number of ether oxygens (including phenoxy) is 1. The smallest absolute Gasteiger partial charge is 0.305 e. The monoisotopic (exact) mass is 401 g/mol. The van der Waals surface area contributed by atoms with Gasteiger partial charge in [0.1, 0.15) is 5.69 Å². The van der Waals surface area contributed by atoms with Crippen molar-refractivity contribution in [3.8, 4) is 17.1 Å². The van der Waals surface area contributed by atoms with E-state index in [1.54, 1.807) is 41.3 Å². The number of aromatic nitrogens is 2. The summed E-state index contributed by atoms with van der Waals surface area (Å²) in [5.41, 5.74) is 1.69. The van der Waals surface area contributed by atoms with Crippen LogP contribution in [0, 0.1) is 0 Å². The third-order valence-corrected chi connectivity index (χ3v) is 4.36. The van der Waals surface area contributed by atoms with Crippen LogP contribution in [0.1, 0.15) is 29.8 Å². The van der Waals surface area contributed by atoms with Crippen molar-refractivity contribution in [3.05, 3.63) is 59.4 Å². The zero-order valence-corrected chi connectivity index (χ0v) is 16.1. The minimum absolute atomic E-state index is 0.254. The molecule has 0 saturated carbocycles. The highest BCUT2D eigenvalue weighted by Gasteiger charge is 2.18. The second-order valence-electron chi connectivity index (χ2n) is 6.07. The molecule has 3 rings (SSSR count). The van der Waals surface area contributed by atoms with Crippen molar-refractivity contribution in [1.29, 1.82) is 0 Å². The van der Waals surface area contributed by atoms with Crippen LogP contribution >= 0.6 is 11.6 Å². The first-order chi connectivity index (χ1) is 13.6. The average molecular weight is 402 g/mol. The molecule has 7 nitrogen and oxygen atoms in total. The van der Waals surface area contributed by atoms with Crippen LogP contribution in [-0.4, -0.2) is 35.3 Å². The Morgan fingerprint density at radius 1 is 1.21 bits per heavy atom. The van der Waals surface area contributed by atoms with Crippen LogP contribution in [0.3, 0.4) is 0 Å². The number of rotatable bonds is 8. The number of amides is 1. The van der Waals surface area contributed by atoms with Gasteiger partial charge in [0.05, 0.1) is 19.1 Å². The predicted octanol–water partition coefficient (Wildman–Crippen LogP) is 3.86. The number of benzene rings is 1. The molecule has 0 fully saturated rings. The molecule has 0 radical (unpaired) electrons. The molecule has 3 aromatic rings. The Bertz CT molecular complexity index is 933. The SMILES string of the molecule is COC(=O)CCCCNC(=O)c1cc(-c2ccco2)n(-c2ccc(Cl)cc2)n1. The van der Waals surface area contributed by atoms with Crippen LogP contribution < -0.4 is 5.32 Å². The second-order valence-corrected chi connectivity index (χ2v) is 6.51. The van der Waals surface area contributed by atoms with Gasteiger partial charge in [-0.15, -0.1) is 0 Å². The van der Waals surface area contributed by atoms with Crippen molar-refractivity contribution >= 4 is 23.5 Å². The maximum atomic E-state index is 12.5. The van der Waals surface area contributed by atoms with Gasteiger partial charge >= 0.3 is 5.97 Å². The molecule has 0 bridgehead atoms. The molecule has 0 aliphatic carbocycles. The van der Waals surface area contributed by atoms with Crippen molar-refractivity contribution in [2.75, 3.05) is 13.7 Å². The first-order valence-corrected chi connectivity index (χ1v) is 9.21. The number of methoxy groups -OCH3 is 1. The highest BCUT2D eigenvalue weighted by atomic mass is 35.5. The summed E-state index contributed by atoms with van der Waals surface area (Å²) in [6.45, 7) is 0.444. The number of nitrogens with zero attached hydrogens (tertiary/aromatic N) is 2. The van der Waals surface area contributed by atoms with Gasteiger partial charge < -0.3 is 14.5 Å². The Balaban J connectivity index is 1.73. The molecule has 0 aliphatic rings. The van der Waals surface area contributed by atoms with Crippen molar-refractivity contribution < 1.29 is 18.7 Å². The lowest BCUT2D eigenvalue weighted by Gasteiger charge is -2.05. The van der Waals surface area contributed by atoms with Gasteiger partial charge in [0.25, 0.3) is 5.91 Å². The Morgan fingerprint density at radius 3 is 2.68 bits per heavy atom. The van der Waals surface area contributed by atoms with E-state index >= 15 is 0 Å². The molecule has 2 aromatic heterocycles. The van der Waals surface area contributed by atoms with Crippen molar-refractivity contribution in [2.45, 2.75) is 19.3 Å². The van der Waals surface area contributed by atoms with Crippen LogP contribution in [0.25, 0.3) is 17.1 Å². The van der Waals surface area contributed by atoms with Crippen LogP contribution in [0.5, 0.6) is 0 Å². The summed E-state index contributed by atoms with van der Waals surface area (Å²) in [7, 11) is 1.36. The van der Waals surface area contributed by atoms with Crippen molar-refractivity contribution in [3.63, 3.8) is 0 Å². The molecule has 0 aliphatic heterocycles. The van der Waals surface area contributed by atoms with E-state index in [1.165, 1.54) is 7.11 Å². The number of carbonyl (C=O) groups is 2. The number of esters is 1. The first kappa shape index (κ1) is 19.7. The molecule has 1 aromatic carbocycles. The average Bonchev–Trinajstić information content (AvgIpc) is 3.37. The summed E-state index contributed by atoms with van der Waals surface area (Å²) < 4.78 is 11.7. The number of hydrogen-bond acceptors (Lipinski definition) is 5. The fourth-order valence-corrected chi connectivity index (χ4v) is 2.79. The largest absolute Gasteiger partial charge is 0.469 e. The van der Waals surface area contributed by atoms with E-state index in [9.17, 15) is 9.59 Å². The molecule has 8 heteroatoms. The number of carbonyl (C=O) groups excluding carboxylic acids is 2. The third-order valence-electron chi connectivity index (χ3n) is 4.11. The second kappa shape index (κ2) is 9.23. The topological polar surface area (TPSA) is 86.4 Å². The van der Waals surface area contributed by atoms with Crippen LogP contribution in [0.2, 0.25) is 5.02 Å². The molecular formula is C20H20ClN3O4. The van der Waals surface area contributed by atoms with Crippen LogP contribution in [0.4, 0.5) is 0 Å². The quantitative estimate of drug-likeness (QED) is 0.457. The lowest BCUT2D eigenvalue weighted by Crippen LogP contribution is -2.25. The van der Waals surface area contributed by atoms with Crippen molar-refractivity contribution in [2.24, 2.45) is 0 Å². The van der Waals surface area contributed by atoms with E-state index in [4.69, 9.17) is 16.0 Å². The van der Waals surface area contributed by atoms with Gasteiger partial charge in [0.15, 0.2) is 11.5 Å². The molecule has 1 N–H and O–H groups in total. The lowest BCUT2D eigenvalue weighted by atomic mass is 10.2. The zero-order chi connectivity index (χ0) is 19.9. The van der Waals surface area contributed by atoms with Gasteiger partial charge in [-0.3, -0.25) is 9.59 Å². The Morgan fingerprint density at radius 2 is 2.00 bits per heavy atom. The maximum absolute atomic E-state index is 12.5. The van der Waals surface area contributed by atoms with Crippen LogP contribution in [0.15, 0.2) is 53.1 Å². The summed E-state index contributed by atoms with van der Waals surface area (Å²) in [5.74, 6) is 0.0503. The Labute approximate surface area is 167 Å². The van der Waals surface area contributed by atoms with E-state index in [0.29, 0.717) is 42.3 Å². The molecule has 0 unspecified atom stereocenters. The van der Waals surface area contributed by atoms with E-state index < -0.39 is 0 Å². The molecular weight excluding hydrogens is 382 g/mol. The summed E-state index contributed by atoms with van der Waals surface area (Å²) in [4.78, 5) is 23.6. The van der Waals surface area contributed by atoms with Gasteiger partial charge in [0.2, 0.25) is 0 Å². The highest BCUT2D eigenvalue weighted by molar-refractivity contribution is 6.30. The summed E-state index contributed by atoms with van der Waals surface area (Å²) in [6, 6.07) is 12.4. The minimum atomic E-state index is -0.293. The van der Waals surface area contributed by atoms with Gasteiger partial charge in [-0.05, 0) is 49.2 Å². The first-order valence-electron chi connectivity index (χ1n) is 8.83. The number of nitrogens with one attached hydrogen (secondary N) is 1. The van der Waals surface area contributed by atoms with Gasteiger partial charge in [0, 0.05) is 24.1 Å². The number of furan rings is 1. The number of unbranched alkanes of at least 4 members (excludes halogenated alkanes) is 1. The Kier molecular flexibility index (Phi) is 6.49. The highest BCUT2D eigenvalue weighted by Crippen LogP contribution is 2.25. The van der Waals surface area contributed by atoms with Crippen LogP contribution in [-0.2, 0) is 9.53 Å². The van der Waals surface area contributed by atoms with Gasteiger partial charge in [-0.1, -0.05) is 11.6 Å². The van der Waals surface area contributed by atoms with E-state index in [2.05, 4.69) is 15.2 Å². The summed E-state index contributed by atoms with van der Waals surface area (Å²) >= 11 is 5.96. The molecule has 0 atom stereocenters. The molecule has 2 heterocycles. The lowest BCUT2D eigenvalue weighted by molar-refractivity contribution is -0.140. The standard InChI is InChI=1S/C20H20ClN3O4/c1-27-19(25)6-2-3-11-22-20(26)16-13-17(18-5-4-12-28-18)24(23-16)15-9-7-14(21)8-10-15/h4-5,7-10,12-13H,2-3,6,11H2,1H3,(H,22,26). The fraction of sp³-hybridized carbons (Fsp3) is 0.250. The van der Waals surface area contributed by atoms with Crippen molar-refractivity contribution in [1.82, 2.24) is 15.1 Å². The van der Waals surface area contributed by atoms with E-state index in [0.717, 1.165) is 5.69 Å². The van der Waals surface area contributed by atoms with E-state index in [-0.39, 0.29) is 17.6 Å². The van der Waals surface area contributed by atoms with Gasteiger partial charge in [-0.25, -0.2) is 4.68 Å². The summed E-state index contributed by atoms with van der Waals surface area (Å²) in [6.07, 6.45) is 3.21. The molecule has 0 spiro atoms. The third kappa shape index (κ3) is 4.80.